The third-order valence-corrected chi connectivity index (χ3v) is 8.43. The molecule has 36 heavy (non-hydrogen) atoms. The van der Waals surface area contributed by atoms with Gasteiger partial charge in [-0.3, -0.25) is 9.78 Å². The predicted molar refractivity (Wildman–Crippen MR) is 139 cm³/mol. The number of nitrogens with one attached hydrogen (secondary N) is 1. The molecule has 6 nitrogen and oxygen atoms in total. The fourth-order valence-corrected chi connectivity index (χ4v) is 6.40. The van der Waals surface area contributed by atoms with Crippen LogP contribution >= 0.6 is 0 Å². The van der Waals surface area contributed by atoms with Crippen LogP contribution in [0, 0.1) is 12.8 Å². The number of pyridine rings is 1. The molecule has 3 atom stereocenters. The van der Waals surface area contributed by atoms with Crippen LogP contribution in [0.3, 0.4) is 0 Å². The maximum Gasteiger partial charge on any atom is 0.272 e. The summed E-state index contributed by atoms with van der Waals surface area (Å²) < 4.78 is 0. The molecule has 3 aromatic rings. The highest BCUT2D eigenvalue weighted by Crippen LogP contribution is 2.54. The van der Waals surface area contributed by atoms with Gasteiger partial charge < -0.3 is 10.2 Å². The maximum absolute atomic E-state index is 13.3. The second kappa shape index (κ2) is 8.34. The maximum atomic E-state index is 13.3. The van der Waals surface area contributed by atoms with Crippen LogP contribution in [-0.2, 0) is 13.0 Å². The number of carbonyl (C=O) groups excluding carboxylic acids is 1. The molecule has 0 bridgehead atoms. The van der Waals surface area contributed by atoms with E-state index in [1.54, 1.807) is 12.3 Å². The predicted octanol–water partition coefficient (Wildman–Crippen LogP) is 4.99. The number of carbonyl (C=O) groups is 1. The van der Waals surface area contributed by atoms with Crippen LogP contribution in [0.1, 0.15) is 82.4 Å². The summed E-state index contributed by atoms with van der Waals surface area (Å²) in [5, 5.41) is 3.70. The Kier molecular flexibility index (Phi) is 5.07. The molecular weight excluding hydrogens is 446 g/mol. The third-order valence-electron chi connectivity index (χ3n) is 8.43. The number of hydrogen-bond acceptors (Lipinski definition) is 5. The molecule has 0 spiro atoms. The first kappa shape index (κ1) is 21.9. The molecule has 1 amide bonds. The molecule has 2 aliphatic heterocycles. The number of benzene rings is 1. The van der Waals surface area contributed by atoms with Gasteiger partial charge in [0, 0.05) is 43.0 Å². The van der Waals surface area contributed by atoms with Crippen molar-refractivity contribution in [1.82, 2.24) is 25.2 Å². The van der Waals surface area contributed by atoms with Gasteiger partial charge in [0.2, 0.25) is 0 Å². The van der Waals surface area contributed by atoms with Crippen molar-refractivity contribution in [1.29, 1.82) is 0 Å². The standard InChI is InChI=1S/C30H31N5O/c1-17-10-21-13-24(21)29-23(17)14-22(15-33-29)20-11-19-6-9-35(30(36)28-5-8-31-18(2)34-28)16-26(19)25(12-20)27-4-3-7-32-27/h5,8,10-12,14-15,21,24,27,32H,3-4,6-7,9,13,16H2,1-2H3/t21?,24?,27-/m0/s1. The van der Waals surface area contributed by atoms with Crippen LogP contribution in [-0.4, -0.2) is 38.8 Å². The molecule has 7 rings (SSSR count). The molecule has 6 heteroatoms. The average molecular weight is 478 g/mol. The number of amides is 1. The topological polar surface area (TPSA) is 71.0 Å². The fraction of sp³-hybridized carbons (Fsp3) is 0.400. The van der Waals surface area contributed by atoms with Gasteiger partial charge in [0.25, 0.3) is 5.91 Å². The van der Waals surface area contributed by atoms with Crippen molar-refractivity contribution in [3.63, 3.8) is 0 Å². The van der Waals surface area contributed by atoms with E-state index in [1.165, 1.54) is 57.5 Å². The van der Waals surface area contributed by atoms with Crippen molar-refractivity contribution < 1.29 is 4.79 Å². The Morgan fingerprint density at radius 2 is 2.06 bits per heavy atom. The highest BCUT2D eigenvalue weighted by atomic mass is 16.2. The van der Waals surface area contributed by atoms with Crippen LogP contribution in [0.15, 0.2) is 42.7 Å². The van der Waals surface area contributed by atoms with Crippen LogP contribution in [0.2, 0.25) is 0 Å². The Hall–Kier alpha value is -3.38. The second-order valence-corrected chi connectivity index (χ2v) is 10.8. The number of nitrogens with zero attached hydrogens (tertiary/aromatic N) is 4. The van der Waals surface area contributed by atoms with Crippen molar-refractivity contribution in [3.05, 3.63) is 82.2 Å². The van der Waals surface area contributed by atoms with E-state index < -0.39 is 0 Å². The summed E-state index contributed by atoms with van der Waals surface area (Å²) in [6, 6.07) is 9.10. The molecular formula is C30H31N5O. The average Bonchev–Trinajstić information content (AvgIpc) is 3.46. The highest BCUT2D eigenvalue weighted by molar-refractivity contribution is 5.92. The number of hydrogen-bond donors (Lipinski definition) is 1. The Labute approximate surface area is 211 Å². The number of rotatable bonds is 3. The van der Waals surface area contributed by atoms with E-state index in [0.717, 1.165) is 19.4 Å². The Morgan fingerprint density at radius 1 is 1.14 bits per heavy atom. The van der Waals surface area contributed by atoms with Gasteiger partial charge in [-0.25, -0.2) is 9.97 Å². The summed E-state index contributed by atoms with van der Waals surface area (Å²) in [4.78, 5) is 28.7. The Bertz CT molecular complexity index is 1420. The zero-order chi connectivity index (χ0) is 24.4. The lowest BCUT2D eigenvalue weighted by Crippen LogP contribution is -2.37. The molecule has 4 aliphatic rings. The highest BCUT2D eigenvalue weighted by Gasteiger charge is 2.42. The summed E-state index contributed by atoms with van der Waals surface area (Å²) >= 11 is 0. The van der Waals surface area contributed by atoms with Crippen LogP contribution in [0.4, 0.5) is 0 Å². The summed E-state index contributed by atoms with van der Waals surface area (Å²) in [6.45, 7) is 6.41. The quantitative estimate of drug-likeness (QED) is 0.575. The van der Waals surface area contributed by atoms with Crippen LogP contribution < -0.4 is 5.32 Å². The van der Waals surface area contributed by atoms with E-state index in [4.69, 9.17) is 4.98 Å². The Balaban J connectivity index is 1.26. The number of fused-ring (bicyclic) bond motifs is 4. The van der Waals surface area contributed by atoms with Gasteiger partial charge in [-0.05, 0) is 104 Å². The Morgan fingerprint density at radius 3 is 2.89 bits per heavy atom. The van der Waals surface area contributed by atoms with Crippen molar-refractivity contribution in [2.45, 2.75) is 58.0 Å². The van der Waals surface area contributed by atoms with Crippen LogP contribution in [0.25, 0.3) is 16.7 Å². The second-order valence-electron chi connectivity index (χ2n) is 10.8. The molecule has 4 heterocycles. The van der Waals surface area contributed by atoms with Gasteiger partial charge in [-0.15, -0.1) is 0 Å². The van der Waals surface area contributed by atoms with Gasteiger partial charge >= 0.3 is 0 Å². The zero-order valence-corrected chi connectivity index (χ0v) is 20.9. The van der Waals surface area contributed by atoms with E-state index in [0.29, 0.717) is 42.5 Å². The summed E-state index contributed by atoms with van der Waals surface area (Å²) in [6.07, 6.45) is 10.6. The number of aryl methyl sites for hydroxylation is 1. The normalized spacial score (nSPS) is 24.0. The third kappa shape index (κ3) is 3.66. The fourth-order valence-electron chi connectivity index (χ4n) is 6.40. The molecule has 1 saturated carbocycles. The minimum absolute atomic E-state index is 0.0138. The molecule has 2 aliphatic carbocycles. The molecule has 0 radical (unpaired) electrons. The SMILES string of the molecule is CC1=CC2CC2c2ncc(-c3cc4c(c([C@@H]5CCCN5)c3)CN(C(=O)c3ccnc(C)n3)CC4)cc21. The van der Waals surface area contributed by atoms with Crippen LogP contribution in [0.5, 0.6) is 0 Å². The van der Waals surface area contributed by atoms with Crippen molar-refractivity contribution in [2.75, 3.05) is 13.1 Å². The molecule has 1 saturated heterocycles. The molecule has 2 fully saturated rings. The monoisotopic (exact) mass is 477 g/mol. The van der Waals surface area contributed by atoms with E-state index in [9.17, 15) is 4.79 Å². The molecule has 1 N–H and O–H groups in total. The molecule has 182 valence electrons. The van der Waals surface area contributed by atoms with Gasteiger partial charge in [-0.1, -0.05) is 12.1 Å². The first-order valence-electron chi connectivity index (χ1n) is 13.2. The van der Waals surface area contributed by atoms with Crippen molar-refractivity contribution in [2.24, 2.45) is 5.92 Å². The van der Waals surface area contributed by atoms with E-state index in [2.05, 4.69) is 52.7 Å². The summed E-state index contributed by atoms with van der Waals surface area (Å²) in [7, 11) is 0. The van der Waals surface area contributed by atoms with E-state index in [1.807, 2.05) is 11.8 Å². The summed E-state index contributed by atoms with van der Waals surface area (Å²) in [5.41, 5.74) is 10.9. The lowest BCUT2D eigenvalue weighted by molar-refractivity contribution is 0.0727. The molecule has 2 aromatic heterocycles. The minimum atomic E-state index is -0.0138. The van der Waals surface area contributed by atoms with Crippen molar-refractivity contribution >= 4 is 11.5 Å². The lowest BCUT2D eigenvalue weighted by Gasteiger charge is -2.32. The van der Waals surface area contributed by atoms with E-state index >= 15 is 0 Å². The van der Waals surface area contributed by atoms with Crippen molar-refractivity contribution in [3.8, 4) is 11.1 Å². The first-order valence-corrected chi connectivity index (χ1v) is 13.2. The molecule has 1 aromatic carbocycles. The van der Waals surface area contributed by atoms with Gasteiger partial charge in [0.05, 0.1) is 5.69 Å². The van der Waals surface area contributed by atoms with Gasteiger partial charge in [-0.2, -0.15) is 0 Å². The van der Waals surface area contributed by atoms with Gasteiger partial charge in [0.15, 0.2) is 0 Å². The number of aromatic nitrogens is 3. The molecule has 2 unspecified atom stereocenters. The first-order chi connectivity index (χ1) is 17.5. The summed E-state index contributed by atoms with van der Waals surface area (Å²) in [5.74, 6) is 1.94. The minimum Gasteiger partial charge on any atom is -0.333 e. The van der Waals surface area contributed by atoms with E-state index in [-0.39, 0.29) is 5.91 Å². The smallest absolute Gasteiger partial charge is 0.272 e. The zero-order valence-electron chi connectivity index (χ0n) is 20.9. The van der Waals surface area contributed by atoms with Gasteiger partial charge in [0.1, 0.15) is 11.5 Å². The largest absolute Gasteiger partial charge is 0.333 e. The number of allylic oxidation sites excluding steroid dienone is 2. The lowest BCUT2D eigenvalue weighted by atomic mass is 9.86.